The maximum absolute atomic E-state index is 12.0. The van der Waals surface area contributed by atoms with Crippen LogP contribution < -0.4 is 10.6 Å². The van der Waals surface area contributed by atoms with E-state index >= 15 is 0 Å². The van der Waals surface area contributed by atoms with Crippen LogP contribution in [-0.2, 0) is 6.42 Å². The van der Waals surface area contributed by atoms with Crippen LogP contribution in [0, 0.1) is 13.8 Å². The van der Waals surface area contributed by atoms with Crippen molar-refractivity contribution in [3.63, 3.8) is 0 Å². The lowest BCUT2D eigenvalue weighted by Gasteiger charge is -2.09. The highest BCUT2D eigenvalue weighted by atomic mass is 16.2. The van der Waals surface area contributed by atoms with Gasteiger partial charge in [-0.1, -0.05) is 42.0 Å². The second-order valence-corrected chi connectivity index (χ2v) is 6.38. The predicted octanol–water partition coefficient (Wildman–Crippen LogP) is 4.73. The van der Waals surface area contributed by atoms with Crippen LogP contribution in [0.3, 0.4) is 0 Å². The fourth-order valence-corrected chi connectivity index (χ4v) is 2.72. The minimum Gasteiger partial charge on any atom is -0.338 e. The van der Waals surface area contributed by atoms with Gasteiger partial charge in [-0.3, -0.25) is 4.98 Å². The summed E-state index contributed by atoms with van der Waals surface area (Å²) < 4.78 is 0. The average Bonchev–Trinajstić information content (AvgIpc) is 2.64. The number of benzene rings is 2. The SMILES string of the molecule is Cc1ccc(CCNC(=O)Nc2ccc(-c3ccnc(C)c3)cc2)cc1. The third-order valence-electron chi connectivity index (χ3n) is 4.19. The van der Waals surface area contributed by atoms with Crippen molar-refractivity contribution < 1.29 is 4.79 Å². The molecule has 0 saturated heterocycles. The van der Waals surface area contributed by atoms with Gasteiger partial charge in [-0.05, 0) is 61.2 Å². The number of aryl methyl sites for hydroxylation is 2. The Balaban J connectivity index is 1.50. The second-order valence-electron chi connectivity index (χ2n) is 6.38. The van der Waals surface area contributed by atoms with Gasteiger partial charge >= 0.3 is 6.03 Å². The quantitative estimate of drug-likeness (QED) is 0.702. The molecule has 0 unspecified atom stereocenters. The number of rotatable bonds is 5. The van der Waals surface area contributed by atoms with Crippen LogP contribution >= 0.6 is 0 Å². The number of nitrogens with zero attached hydrogens (tertiary/aromatic N) is 1. The maximum Gasteiger partial charge on any atom is 0.319 e. The van der Waals surface area contributed by atoms with Gasteiger partial charge in [0.05, 0.1) is 0 Å². The Morgan fingerprint density at radius 3 is 2.35 bits per heavy atom. The lowest BCUT2D eigenvalue weighted by Crippen LogP contribution is -2.30. The normalized spacial score (nSPS) is 10.4. The zero-order valence-electron chi connectivity index (χ0n) is 15.1. The van der Waals surface area contributed by atoms with Crippen molar-refractivity contribution >= 4 is 11.7 Å². The zero-order chi connectivity index (χ0) is 18.4. The van der Waals surface area contributed by atoms with Gasteiger partial charge in [0.15, 0.2) is 0 Å². The van der Waals surface area contributed by atoms with E-state index in [0.29, 0.717) is 6.54 Å². The highest BCUT2D eigenvalue weighted by molar-refractivity contribution is 5.89. The zero-order valence-corrected chi connectivity index (χ0v) is 15.1. The summed E-state index contributed by atoms with van der Waals surface area (Å²) >= 11 is 0. The molecule has 0 radical (unpaired) electrons. The van der Waals surface area contributed by atoms with Crippen molar-refractivity contribution in [2.75, 3.05) is 11.9 Å². The first-order valence-corrected chi connectivity index (χ1v) is 8.74. The molecular formula is C22H23N3O. The summed E-state index contributed by atoms with van der Waals surface area (Å²) in [6, 6.07) is 20.0. The van der Waals surface area contributed by atoms with Crippen molar-refractivity contribution in [1.82, 2.24) is 10.3 Å². The van der Waals surface area contributed by atoms with E-state index in [2.05, 4.69) is 46.8 Å². The summed E-state index contributed by atoms with van der Waals surface area (Å²) in [5.74, 6) is 0. The van der Waals surface area contributed by atoms with Crippen LogP contribution in [0.5, 0.6) is 0 Å². The summed E-state index contributed by atoms with van der Waals surface area (Å²) in [7, 11) is 0. The molecular weight excluding hydrogens is 322 g/mol. The van der Waals surface area contributed by atoms with E-state index in [9.17, 15) is 4.79 Å². The van der Waals surface area contributed by atoms with Crippen molar-refractivity contribution in [2.45, 2.75) is 20.3 Å². The number of aromatic nitrogens is 1. The van der Waals surface area contributed by atoms with Crippen LogP contribution in [0.1, 0.15) is 16.8 Å². The highest BCUT2D eigenvalue weighted by Gasteiger charge is 2.03. The third-order valence-corrected chi connectivity index (χ3v) is 4.19. The minimum atomic E-state index is -0.190. The van der Waals surface area contributed by atoms with Crippen LogP contribution in [0.2, 0.25) is 0 Å². The molecule has 0 bridgehead atoms. The van der Waals surface area contributed by atoms with Gasteiger partial charge in [-0.15, -0.1) is 0 Å². The van der Waals surface area contributed by atoms with Gasteiger partial charge < -0.3 is 10.6 Å². The van der Waals surface area contributed by atoms with E-state index in [1.54, 1.807) is 6.20 Å². The maximum atomic E-state index is 12.0. The summed E-state index contributed by atoms with van der Waals surface area (Å²) in [6.45, 7) is 4.64. The molecule has 2 N–H and O–H groups in total. The number of carbonyl (C=O) groups is 1. The molecule has 3 aromatic rings. The molecule has 0 aliphatic carbocycles. The van der Waals surface area contributed by atoms with Crippen molar-refractivity contribution in [3.8, 4) is 11.1 Å². The van der Waals surface area contributed by atoms with E-state index in [0.717, 1.165) is 28.9 Å². The number of urea groups is 1. The number of pyridine rings is 1. The van der Waals surface area contributed by atoms with E-state index in [4.69, 9.17) is 0 Å². The largest absolute Gasteiger partial charge is 0.338 e. The van der Waals surface area contributed by atoms with Gasteiger partial charge in [0, 0.05) is 24.1 Å². The number of hydrogen-bond acceptors (Lipinski definition) is 2. The lowest BCUT2D eigenvalue weighted by atomic mass is 10.1. The topological polar surface area (TPSA) is 54.0 Å². The Morgan fingerprint density at radius 2 is 1.65 bits per heavy atom. The molecule has 2 amide bonds. The number of anilines is 1. The van der Waals surface area contributed by atoms with Crippen LogP contribution in [-0.4, -0.2) is 17.6 Å². The summed E-state index contributed by atoms with van der Waals surface area (Å²) in [4.78, 5) is 16.2. The van der Waals surface area contributed by atoms with Gasteiger partial charge in [0.25, 0.3) is 0 Å². The van der Waals surface area contributed by atoms with E-state index in [1.165, 1.54) is 11.1 Å². The van der Waals surface area contributed by atoms with Gasteiger partial charge in [-0.2, -0.15) is 0 Å². The Morgan fingerprint density at radius 1 is 0.923 bits per heavy atom. The van der Waals surface area contributed by atoms with Crippen LogP contribution in [0.4, 0.5) is 10.5 Å². The Kier molecular flexibility index (Phi) is 5.64. The number of amides is 2. The fraction of sp³-hybridized carbons (Fsp3) is 0.182. The Hall–Kier alpha value is -3.14. The molecule has 0 aliphatic rings. The molecule has 0 spiro atoms. The molecule has 4 heteroatoms. The Bertz CT molecular complexity index is 871. The van der Waals surface area contributed by atoms with E-state index in [1.807, 2.05) is 43.3 Å². The van der Waals surface area contributed by atoms with Crippen molar-refractivity contribution in [3.05, 3.63) is 83.7 Å². The van der Waals surface area contributed by atoms with Crippen LogP contribution in [0.25, 0.3) is 11.1 Å². The number of nitrogens with one attached hydrogen (secondary N) is 2. The first kappa shape index (κ1) is 17.7. The molecule has 26 heavy (non-hydrogen) atoms. The summed E-state index contributed by atoms with van der Waals surface area (Å²) in [5.41, 5.74) is 6.43. The fourth-order valence-electron chi connectivity index (χ4n) is 2.72. The molecule has 0 atom stereocenters. The van der Waals surface area contributed by atoms with E-state index < -0.39 is 0 Å². The van der Waals surface area contributed by atoms with Crippen LogP contribution in [0.15, 0.2) is 66.9 Å². The molecule has 1 heterocycles. The van der Waals surface area contributed by atoms with Crippen molar-refractivity contribution in [2.24, 2.45) is 0 Å². The number of carbonyl (C=O) groups excluding carboxylic acids is 1. The molecule has 0 saturated carbocycles. The lowest BCUT2D eigenvalue weighted by molar-refractivity contribution is 0.252. The molecule has 132 valence electrons. The standard InChI is InChI=1S/C22H23N3O/c1-16-3-5-18(6-4-16)11-13-24-22(26)25-21-9-7-19(8-10-21)20-12-14-23-17(2)15-20/h3-10,12,14-15H,11,13H2,1-2H3,(H2,24,25,26). The predicted molar refractivity (Wildman–Crippen MR) is 106 cm³/mol. The Labute approximate surface area is 154 Å². The third kappa shape index (κ3) is 4.93. The van der Waals surface area contributed by atoms with Gasteiger partial charge in [-0.25, -0.2) is 4.79 Å². The monoisotopic (exact) mass is 345 g/mol. The molecule has 2 aromatic carbocycles. The smallest absolute Gasteiger partial charge is 0.319 e. The molecule has 0 fully saturated rings. The molecule has 1 aromatic heterocycles. The van der Waals surface area contributed by atoms with E-state index in [-0.39, 0.29) is 6.03 Å². The first-order chi connectivity index (χ1) is 12.6. The molecule has 0 aliphatic heterocycles. The van der Waals surface area contributed by atoms with Gasteiger partial charge in [0.1, 0.15) is 0 Å². The summed E-state index contributed by atoms with van der Waals surface area (Å²) in [5, 5.41) is 5.75. The van der Waals surface area contributed by atoms with Crippen molar-refractivity contribution in [1.29, 1.82) is 0 Å². The highest BCUT2D eigenvalue weighted by Crippen LogP contribution is 2.21. The summed E-state index contributed by atoms with van der Waals surface area (Å²) in [6.07, 6.45) is 2.62. The van der Waals surface area contributed by atoms with Gasteiger partial charge in [0.2, 0.25) is 0 Å². The molecule has 4 nitrogen and oxygen atoms in total. The average molecular weight is 345 g/mol. The first-order valence-electron chi connectivity index (χ1n) is 8.74. The second kappa shape index (κ2) is 8.30. The number of hydrogen-bond donors (Lipinski definition) is 2. The molecule has 3 rings (SSSR count). The minimum absolute atomic E-state index is 0.190.